The van der Waals surface area contributed by atoms with Crippen molar-refractivity contribution >= 4 is 46.5 Å². The summed E-state index contributed by atoms with van der Waals surface area (Å²) in [5.74, 6) is 0.395. The highest BCUT2D eigenvalue weighted by atomic mass is 32.2. The molecule has 156 valence electrons. The van der Waals surface area contributed by atoms with Crippen LogP contribution >= 0.6 is 24.0 Å². The van der Waals surface area contributed by atoms with E-state index in [4.69, 9.17) is 21.7 Å². The van der Waals surface area contributed by atoms with Crippen molar-refractivity contribution in [2.45, 2.75) is 13.8 Å². The number of thioether (sulfide) groups is 1. The number of hydrogen-bond donors (Lipinski definition) is 2. The van der Waals surface area contributed by atoms with Crippen molar-refractivity contribution < 1.29 is 24.5 Å². The number of hydrazone groups is 1. The van der Waals surface area contributed by atoms with Crippen LogP contribution in [0.25, 0.3) is 6.08 Å². The number of rotatable bonds is 7. The minimum absolute atomic E-state index is 0.0304. The van der Waals surface area contributed by atoms with Crippen LogP contribution in [0.15, 0.2) is 46.4 Å². The summed E-state index contributed by atoms with van der Waals surface area (Å²) in [7, 11) is 0. The van der Waals surface area contributed by atoms with Gasteiger partial charge in [0.2, 0.25) is 0 Å². The average molecular weight is 445 g/mol. The molecule has 0 aliphatic carbocycles. The number of ether oxygens (including phenoxy) is 2. The highest BCUT2D eigenvalue weighted by Gasteiger charge is 2.32. The Morgan fingerprint density at radius 3 is 2.20 bits per heavy atom. The van der Waals surface area contributed by atoms with E-state index in [9.17, 15) is 15.0 Å². The highest BCUT2D eigenvalue weighted by Crippen LogP contribution is 2.35. The van der Waals surface area contributed by atoms with Crippen molar-refractivity contribution in [1.82, 2.24) is 5.01 Å². The zero-order valence-electron chi connectivity index (χ0n) is 16.4. The first kappa shape index (κ1) is 21.7. The highest BCUT2D eigenvalue weighted by molar-refractivity contribution is 8.26. The quantitative estimate of drug-likeness (QED) is 0.377. The number of phenols is 2. The maximum atomic E-state index is 12.7. The normalized spacial score (nSPS) is 15.4. The first-order valence-electron chi connectivity index (χ1n) is 9.16. The number of benzene rings is 2. The summed E-state index contributed by atoms with van der Waals surface area (Å²) in [6.07, 6.45) is 3.15. The molecular weight excluding hydrogens is 424 g/mol. The number of carbonyl (C=O) groups excluding carboxylic acids is 1. The van der Waals surface area contributed by atoms with Gasteiger partial charge in [-0.2, -0.15) is 10.1 Å². The third-order valence-corrected chi connectivity index (χ3v) is 5.24. The molecule has 30 heavy (non-hydrogen) atoms. The number of thiocarbonyl (C=S) groups is 1. The van der Waals surface area contributed by atoms with Crippen LogP contribution in [-0.2, 0) is 4.79 Å². The molecule has 1 aliphatic heterocycles. The van der Waals surface area contributed by atoms with Crippen molar-refractivity contribution in [3.63, 3.8) is 0 Å². The van der Waals surface area contributed by atoms with Crippen LogP contribution in [-0.4, -0.2) is 44.9 Å². The van der Waals surface area contributed by atoms with E-state index in [2.05, 4.69) is 5.10 Å². The molecule has 0 atom stereocenters. The summed E-state index contributed by atoms with van der Waals surface area (Å²) in [5, 5.41) is 24.9. The van der Waals surface area contributed by atoms with Gasteiger partial charge in [0.25, 0.3) is 5.91 Å². The molecule has 2 aromatic carbocycles. The van der Waals surface area contributed by atoms with E-state index in [0.29, 0.717) is 45.1 Å². The van der Waals surface area contributed by atoms with Gasteiger partial charge in [0.1, 0.15) is 0 Å². The Morgan fingerprint density at radius 2 is 1.60 bits per heavy atom. The van der Waals surface area contributed by atoms with E-state index in [-0.39, 0.29) is 17.4 Å². The second-order valence-corrected chi connectivity index (χ2v) is 7.73. The number of carbonyl (C=O) groups is 1. The molecule has 1 fully saturated rings. The fourth-order valence-corrected chi connectivity index (χ4v) is 3.78. The zero-order chi connectivity index (χ0) is 21.7. The van der Waals surface area contributed by atoms with Gasteiger partial charge in [-0.05, 0) is 73.6 Å². The van der Waals surface area contributed by atoms with Crippen LogP contribution in [0, 0.1) is 0 Å². The smallest absolute Gasteiger partial charge is 0.286 e. The lowest BCUT2D eigenvalue weighted by Crippen LogP contribution is -2.22. The maximum absolute atomic E-state index is 12.7. The van der Waals surface area contributed by atoms with Crippen LogP contribution in [0.1, 0.15) is 25.0 Å². The maximum Gasteiger partial charge on any atom is 0.286 e. The Bertz CT molecular complexity index is 1040. The van der Waals surface area contributed by atoms with Gasteiger partial charge in [-0.1, -0.05) is 17.8 Å². The van der Waals surface area contributed by atoms with Gasteiger partial charge < -0.3 is 19.7 Å². The van der Waals surface area contributed by atoms with E-state index in [1.165, 1.54) is 18.3 Å². The Balaban J connectivity index is 1.80. The first-order chi connectivity index (χ1) is 14.4. The molecule has 3 rings (SSSR count). The second kappa shape index (κ2) is 9.64. The third kappa shape index (κ3) is 4.92. The molecule has 2 aromatic rings. The molecule has 2 N–H and O–H groups in total. The molecule has 0 saturated carbocycles. The lowest BCUT2D eigenvalue weighted by molar-refractivity contribution is -0.122. The molecule has 1 aliphatic rings. The minimum atomic E-state index is -0.351. The SMILES string of the molecule is CCOc1cc(/C=N\N2C(=O)/C(=C\c3ccc(O)c(OCC)c3)SC2=S)ccc1O. The van der Waals surface area contributed by atoms with Gasteiger partial charge in [0.05, 0.1) is 24.3 Å². The number of nitrogens with zero attached hydrogens (tertiary/aromatic N) is 2. The summed E-state index contributed by atoms with van der Waals surface area (Å²) in [5.41, 5.74) is 1.34. The molecule has 0 aromatic heterocycles. The van der Waals surface area contributed by atoms with Crippen LogP contribution < -0.4 is 9.47 Å². The van der Waals surface area contributed by atoms with Crippen molar-refractivity contribution in [2.24, 2.45) is 5.10 Å². The van der Waals surface area contributed by atoms with E-state index < -0.39 is 0 Å². The predicted molar refractivity (Wildman–Crippen MR) is 121 cm³/mol. The molecule has 0 unspecified atom stereocenters. The molecule has 0 radical (unpaired) electrons. The lowest BCUT2D eigenvalue weighted by Gasteiger charge is -2.08. The number of phenolic OH excluding ortho intramolecular Hbond substituents is 2. The van der Waals surface area contributed by atoms with Gasteiger partial charge >= 0.3 is 0 Å². The van der Waals surface area contributed by atoms with Crippen molar-refractivity contribution in [2.75, 3.05) is 13.2 Å². The molecular formula is C21H20N2O5S2. The Hall–Kier alpha value is -3.04. The van der Waals surface area contributed by atoms with Crippen molar-refractivity contribution in [3.05, 3.63) is 52.4 Å². The third-order valence-electron chi connectivity index (χ3n) is 3.96. The molecule has 9 heteroatoms. The Morgan fingerprint density at radius 1 is 1.03 bits per heavy atom. The van der Waals surface area contributed by atoms with Crippen LogP contribution in [0.5, 0.6) is 23.0 Å². The number of aromatic hydroxyl groups is 2. The molecule has 1 saturated heterocycles. The summed E-state index contributed by atoms with van der Waals surface area (Å²) in [6, 6.07) is 9.62. The number of amides is 1. The van der Waals surface area contributed by atoms with E-state index in [1.807, 2.05) is 13.8 Å². The summed E-state index contributed by atoms with van der Waals surface area (Å²) in [6.45, 7) is 4.46. The van der Waals surface area contributed by atoms with E-state index in [1.54, 1.807) is 30.3 Å². The summed E-state index contributed by atoms with van der Waals surface area (Å²) in [4.78, 5) is 13.1. The summed E-state index contributed by atoms with van der Waals surface area (Å²) < 4.78 is 11.0. The molecule has 0 spiro atoms. The average Bonchev–Trinajstić information content (AvgIpc) is 2.98. The fourth-order valence-electron chi connectivity index (χ4n) is 2.61. The van der Waals surface area contributed by atoms with Gasteiger partial charge in [0.15, 0.2) is 27.3 Å². The van der Waals surface area contributed by atoms with Gasteiger partial charge in [-0.25, -0.2) is 0 Å². The first-order valence-corrected chi connectivity index (χ1v) is 10.4. The topological polar surface area (TPSA) is 91.6 Å². The van der Waals surface area contributed by atoms with Gasteiger partial charge in [-0.3, -0.25) is 4.79 Å². The largest absolute Gasteiger partial charge is 0.504 e. The monoisotopic (exact) mass is 444 g/mol. The van der Waals surface area contributed by atoms with Crippen molar-refractivity contribution in [3.8, 4) is 23.0 Å². The molecule has 1 amide bonds. The van der Waals surface area contributed by atoms with Gasteiger partial charge in [0, 0.05) is 0 Å². The fraction of sp³-hybridized carbons (Fsp3) is 0.190. The summed E-state index contributed by atoms with van der Waals surface area (Å²) >= 11 is 6.42. The zero-order valence-corrected chi connectivity index (χ0v) is 18.0. The Labute approximate surface area is 183 Å². The minimum Gasteiger partial charge on any atom is -0.504 e. The van der Waals surface area contributed by atoms with Crippen LogP contribution in [0.3, 0.4) is 0 Å². The standard InChI is InChI=1S/C21H20N2O5S2/c1-3-27-17-9-13(5-7-15(17)24)11-19-20(26)23(21(29)30-19)22-12-14-6-8-16(25)18(10-14)28-4-2/h5-12,24-25H,3-4H2,1-2H3/b19-11+,22-12-. The lowest BCUT2D eigenvalue weighted by atomic mass is 10.2. The number of hydrogen-bond acceptors (Lipinski definition) is 8. The molecule has 7 nitrogen and oxygen atoms in total. The predicted octanol–water partition coefficient (Wildman–Crippen LogP) is 4.13. The van der Waals surface area contributed by atoms with Crippen molar-refractivity contribution in [1.29, 1.82) is 0 Å². The van der Waals surface area contributed by atoms with Crippen LogP contribution in [0.4, 0.5) is 0 Å². The second-order valence-electron chi connectivity index (χ2n) is 6.06. The molecule has 1 heterocycles. The van der Waals surface area contributed by atoms with E-state index >= 15 is 0 Å². The molecule has 0 bridgehead atoms. The van der Waals surface area contributed by atoms with Gasteiger partial charge in [-0.15, -0.1) is 0 Å². The van der Waals surface area contributed by atoms with Crippen LogP contribution in [0.2, 0.25) is 0 Å². The van der Waals surface area contributed by atoms with E-state index in [0.717, 1.165) is 16.8 Å². The Kier molecular flexibility index (Phi) is 6.96.